The standard InChI is InChI=1S/C23H22FN5O4/c1-25-22(30)19-8-21(33-28-19)32-23(31)27-10-16-17-11-29(12-18(16)17)20-7-4-14(9-26-20)13-2-5-15(24)6-3-13/h2-9,16-18H,10-12H2,1H3,(H,25,30)(H,27,31). The van der Waals surface area contributed by atoms with Crippen LogP contribution in [0.3, 0.4) is 0 Å². The molecule has 10 heteroatoms. The molecular formula is C23H22FN5O4. The van der Waals surface area contributed by atoms with Gasteiger partial charge in [0, 0.05) is 38.4 Å². The molecule has 2 N–H and O–H groups in total. The van der Waals surface area contributed by atoms with Gasteiger partial charge in [-0.25, -0.2) is 14.2 Å². The van der Waals surface area contributed by atoms with Crippen LogP contribution in [0.5, 0.6) is 5.95 Å². The van der Waals surface area contributed by atoms with Crippen molar-refractivity contribution < 1.29 is 23.2 Å². The van der Waals surface area contributed by atoms with Gasteiger partial charge in [0.25, 0.3) is 5.91 Å². The minimum Gasteiger partial charge on any atom is -0.374 e. The van der Waals surface area contributed by atoms with Crippen LogP contribution in [-0.4, -0.2) is 48.8 Å². The van der Waals surface area contributed by atoms with Gasteiger partial charge in [0.05, 0.1) is 6.07 Å². The van der Waals surface area contributed by atoms with Crippen molar-refractivity contribution in [3.8, 4) is 17.1 Å². The van der Waals surface area contributed by atoms with E-state index in [4.69, 9.17) is 9.26 Å². The van der Waals surface area contributed by atoms with Crippen molar-refractivity contribution in [2.24, 2.45) is 17.8 Å². The number of piperidine rings is 1. The number of benzene rings is 1. The number of amides is 2. The predicted octanol–water partition coefficient (Wildman–Crippen LogP) is 2.71. The van der Waals surface area contributed by atoms with E-state index in [2.05, 4.69) is 25.7 Å². The highest BCUT2D eigenvalue weighted by Crippen LogP contribution is 2.52. The fourth-order valence-corrected chi connectivity index (χ4v) is 4.40. The van der Waals surface area contributed by atoms with Crippen LogP contribution < -0.4 is 20.3 Å². The van der Waals surface area contributed by atoms with Crippen LogP contribution in [0.4, 0.5) is 15.0 Å². The number of ether oxygens (including phenoxy) is 1. The van der Waals surface area contributed by atoms with Gasteiger partial charge >= 0.3 is 12.0 Å². The Morgan fingerprint density at radius 1 is 1.15 bits per heavy atom. The third kappa shape index (κ3) is 4.36. The predicted molar refractivity (Wildman–Crippen MR) is 116 cm³/mol. The molecule has 3 aromatic rings. The van der Waals surface area contributed by atoms with Gasteiger partial charge in [-0.1, -0.05) is 17.3 Å². The van der Waals surface area contributed by atoms with E-state index in [0.717, 1.165) is 30.0 Å². The van der Waals surface area contributed by atoms with Crippen LogP contribution in [0.2, 0.25) is 0 Å². The van der Waals surface area contributed by atoms with Crippen LogP contribution in [-0.2, 0) is 0 Å². The number of carbonyl (C=O) groups is 2. The smallest absolute Gasteiger partial charge is 0.374 e. The van der Waals surface area contributed by atoms with Gasteiger partial charge in [0.15, 0.2) is 5.69 Å². The first-order chi connectivity index (χ1) is 16.0. The first-order valence-corrected chi connectivity index (χ1v) is 10.6. The number of hydrogen-bond acceptors (Lipinski definition) is 7. The lowest BCUT2D eigenvalue weighted by atomic mass is 10.1. The molecule has 1 saturated heterocycles. The maximum absolute atomic E-state index is 13.1. The normalized spacial score (nSPS) is 20.8. The Labute approximate surface area is 188 Å². The van der Waals surface area contributed by atoms with Crippen LogP contribution in [0.25, 0.3) is 11.1 Å². The molecule has 170 valence electrons. The van der Waals surface area contributed by atoms with Gasteiger partial charge in [0.2, 0.25) is 0 Å². The van der Waals surface area contributed by atoms with Crippen molar-refractivity contribution in [2.45, 2.75) is 0 Å². The van der Waals surface area contributed by atoms with Gasteiger partial charge in [-0.2, -0.15) is 0 Å². The maximum Gasteiger partial charge on any atom is 0.415 e. The summed E-state index contributed by atoms with van der Waals surface area (Å²) in [5.41, 5.74) is 1.90. The highest BCUT2D eigenvalue weighted by atomic mass is 19.1. The lowest BCUT2D eigenvalue weighted by Crippen LogP contribution is -2.32. The number of hydrogen-bond donors (Lipinski definition) is 2. The van der Waals surface area contributed by atoms with Gasteiger partial charge < -0.3 is 24.8 Å². The summed E-state index contributed by atoms with van der Waals surface area (Å²) >= 11 is 0. The Kier molecular flexibility index (Phi) is 5.41. The fourth-order valence-electron chi connectivity index (χ4n) is 4.40. The summed E-state index contributed by atoms with van der Waals surface area (Å²) in [6.45, 7) is 2.27. The minimum absolute atomic E-state index is 0.0384. The SMILES string of the molecule is CNC(=O)c1cc(OC(=O)NCC2C3CN(c4ccc(-c5ccc(F)cc5)cn4)CC23)on1. The van der Waals surface area contributed by atoms with Gasteiger partial charge in [-0.05, 0) is 47.6 Å². The van der Waals surface area contributed by atoms with Crippen molar-refractivity contribution >= 4 is 17.8 Å². The van der Waals surface area contributed by atoms with Crippen LogP contribution in [0.1, 0.15) is 10.5 Å². The van der Waals surface area contributed by atoms with E-state index in [9.17, 15) is 14.0 Å². The molecule has 1 saturated carbocycles. The van der Waals surface area contributed by atoms with E-state index in [1.54, 1.807) is 18.3 Å². The molecule has 1 aromatic carbocycles. The molecule has 33 heavy (non-hydrogen) atoms. The molecule has 2 aliphatic rings. The number of aromatic nitrogens is 2. The molecule has 5 rings (SSSR count). The second-order valence-corrected chi connectivity index (χ2v) is 8.19. The Hall–Kier alpha value is -3.95. The van der Waals surface area contributed by atoms with E-state index in [-0.39, 0.29) is 17.5 Å². The van der Waals surface area contributed by atoms with Gasteiger partial charge in [-0.3, -0.25) is 4.79 Å². The zero-order chi connectivity index (χ0) is 22.9. The summed E-state index contributed by atoms with van der Waals surface area (Å²) in [7, 11) is 1.47. The minimum atomic E-state index is -0.644. The monoisotopic (exact) mass is 451 g/mol. The van der Waals surface area contributed by atoms with Crippen molar-refractivity contribution in [2.75, 3.05) is 31.6 Å². The van der Waals surface area contributed by atoms with E-state index < -0.39 is 12.0 Å². The summed E-state index contributed by atoms with van der Waals surface area (Å²) in [6.07, 6.45) is 1.16. The van der Waals surface area contributed by atoms with Crippen molar-refractivity contribution in [1.29, 1.82) is 0 Å². The summed E-state index contributed by atoms with van der Waals surface area (Å²) in [6, 6.07) is 11.6. The van der Waals surface area contributed by atoms with Crippen molar-refractivity contribution in [1.82, 2.24) is 20.8 Å². The van der Waals surface area contributed by atoms with Crippen molar-refractivity contribution in [3.63, 3.8) is 0 Å². The quantitative estimate of drug-likeness (QED) is 0.593. The summed E-state index contributed by atoms with van der Waals surface area (Å²) in [5.74, 6) is 1.47. The first-order valence-electron chi connectivity index (χ1n) is 10.6. The Morgan fingerprint density at radius 3 is 2.55 bits per heavy atom. The molecular weight excluding hydrogens is 429 g/mol. The topological polar surface area (TPSA) is 110 Å². The lowest BCUT2D eigenvalue weighted by molar-refractivity contribution is 0.0954. The molecule has 2 amide bonds. The molecule has 2 aromatic heterocycles. The van der Waals surface area contributed by atoms with Gasteiger partial charge in [0.1, 0.15) is 11.6 Å². The van der Waals surface area contributed by atoms with E-state index in [0.29, 0.717) is 24.3 Å². The van der Waals surface area contributed by atoms with Crippen LogP contribution in [0, 0.1) is 23.6 Å². The average Bonchev–Trinajstić information content (AvgIpc) is 3.16. The van der Waals surface area contributed by atoms with Crippen molar-refractivity contribution in [3.05, 3.63) is 60.2 Å². The zero-order valence-corrected chi connectivity index (χ0v) is 17.8. The summed E-state index contributed by atoms with van der Waals surface area (Å²) < 4.78 is 23.0. The molecule has 0 radical (unpaired) electrons. The molecule has 1 aliphatic carbocycles. The van der Waals surface area contributed by atoms with Gasteiger partial charge in [-0.15, -0.1) is 0 Å². The largest absolute Gasteiger partial charge is 0.415 e. The average molecular weight is 451 g/mol. The molecule has 3 heterocycles. The Balaban J connectivity index is 1.08. The number of nitrogens with zero attached hydrogens (tertiary/aromatic N) is 3. The fraction of sp³-hybridized carbons (Fsp3) is 0.304. The van der Waals surface area contributed by atoms with Crippen LogP contribution >= 0.6 is 0 Å². The third-order valence-corrected chi connectivity index (χ3v) is 6.24. The molecule has 0 bridgehead atoms. The molecule has 1 aliphatic heterocycles. The third-order valence-electron chi connectivity index (χ3n) is 6.24. The number of halogens is 1. The van der Waals surface area contributed by atoms with E-state index in [1.165, 1.54) is 25.2 Å². The highest BCUT2D eigenvalue weighted by molar-refractivity contribution is 5.92. The highest BCUT2D eigenvalue weighted by Gasteiger charge is 2.55. The van der Waals surface area contributed by atoms with E-state index in [1.807, 2.05) is 12.1 Å². The zero-order valence-electron chi connectivity index (χ0n) is 17.8. The molecule has 9 nitrogen and oxygen atoms in total. The number of rotatable bonds is 6. The van der Waals surface area contributed by atoms with E-state index >= 15 is 0 Å². The second-order valence-electron chi connectivity index (χ2n) is 8.19. The second kappa shape index (κ2) is 8.53. The lowest BCUT2D eigenvalue weighted by Gasteiger charge is -2.21. The number of nitrogens with one attached hydrogen (secondary N) is 2. The first kappa shape index (κ1) is 20.9. The molecule has 2 unspecified atom stereocenters. The summed E-state index contributed by atoms with van der Waals surface area (Å²) in [5, 5.41) is 8.69. The number of carbonyl (C=O) groups excluding carboxylic acids is 2. The Bertz CT molecular complexity index is 1150. The number of anilines is 1. The summed E-state index contributed by atoms with van der Waals surface area (Å²) in [4.78, 5) is 30.3. The molecule has 2 fully saturated rings. The molecule has 0 spiro atoms. The Morgan fingerprint density at radius 2 is 1.88 bits per heavy atom. The number of fused-ring (bicyclic) bond motifs is 1. The number of pyridine rings is 1. The maximum atomic E-state index is 13.1. The van der Waals surface area contributed by atoms with Crippen LogP contribution in [0.15, 0.2) is 53.2 Å². The molecule has 2 atom stereocenters.